The molecule has 0 radical (unpaired) electrons. The number of urea groups is 1. The highest BCUT2D eigenvalue weighted by Gasteiger charge is 2.22. The van der Waals surface area contributed by atoms with Gasteiger partial charge in [0.25, 0.3) is 0 Å². The first kappa shape index (κ1) is 21.1. The number of hydrogen-bond donors (Lipinski definition) is 3. The van der Waals surface area contributed by atoms with E-state index in [-0.39, 0.29) is 24.0 Å². The lowest BCUT2D eigenvalue weighted by molar-refractivity contribution is -0.117. The molecule has 0 bridgehead atoms. The van der Waals surface area contributed by atoms with Gasteiger partial charge >= 0.3 is 6.03 Å². The first-order valence-electron chi connectivity index (χ1n) is 9.89. The van der Waals surface area contributed by atoms with Crippen molar-refractivity contribution in [2.45, 2.75) is 31.8 Å². The maximum Gasteiger partial charge on any atom is 0.315 e. The molecule has 1 fully saturated rings. The van der Waals surface area contributed by atoms with Crippen LogP contribution in [0.4, 0.5) is 10.5 Å². The van der Waals surface area contributed by atoms with Crippen LogP contribution in [0, 0.1) is 0 Å². The van der Waals surface area contributed by atoms with E-state index in [0.717, 1.165) is 37.2 Å². The molecule has 2 aromatic rings. The van der Waals surface area contributed by atoms with Crippen molar-refractivity contribution in [3.8, 4) is 0 Å². The number of benzene rings is 2. The van der Waals surface area contributed by atoms with E-state index in [1.54, 1.807) is 0 Å². The zero-order valence-electron chi connectivity index (χ0n) is 16.5. The molecule has 1 aliphatic rings. The second-order valence-corrected chi connectivity index (χ2v) is 7.80. The topological polar surface area (TPSA) is 73.5 Å². The van der Waals surface area contributed by atoms with Crippen LogP contribution in [-0.4, -0.2) is 42.5 Å². The number of nitrogens with one attached hydrogen (secondary N) is 3. The first-order valence-corrected chi connectivity index (χ1v) is 10.3. The number of rotatable bonds is 6. The van der Waals surface area contributed by atoms with Gasteiger partial charge in [0.15, 0.2) is 0 Å². The third-order valence-electron chi connectivity index (χ3n) is 5.04. The Hall–Kier alpha value is -2.57. The number of carbonyl (C=O) groups is 2. The fraction of sp³-hybridized carbons (Fsp3) is 0.364. The minimum Gasteiger partial charge on any atom is -0.335 e. The summed E-state index contributed by atoms with van der Waals surface area (Å²) in [5.74, 6) is -0.0179. The number of carbonyl (C=O) groups excluding carboxylic acids is 2. The molecule has 1 unspecified atom stereocenters. The van der Waals surface area contributed by atoms with Gasteiger partial charge in [-0.2, -0.15) is 0 Å². The second-order valence-electron chi connectivity index (χ2n) is 7.36. The molecule has 2 aromatic carbocycles. The standard InChI is InChI=1S/C22H27ClN4O2/c1-16(17-6-5-7-18(23)14-17)24-22(29)26-20-10-12-27(13-11-20)15-21(28)25-19-8-3-2-4-9-19/h2-9,14,16,20H,10-13,15H2,1H3,(H,25,28)(H2,24,26,29). The zero-order valence-corrected chi connectivity index (χ0v) is 17.3. The van der Waals surface area contributed by atoms with Crippen LogP contribution in [-0.2, 0) is 4.79 Å². The van der Waals surface area contributed by atoms with E-state index < -0.39 is 0 Å². The van der Waals surface area contributed by atoms with E-state index in [4.69, 9.17) is 11.6 Å². The quantitative estimate of drug-likeness (QED) is 0.673. The Balaban J connectivity index is 1.38. The van der Waals surface area contributed by atoms with Gasteiger partial charge in [0.2, 0.25) is 5.91 Å². The van der Waals surface area contributed by atoms with Crippen molar-refractivity contribution >= 4 is 29.2 Å². The Morgan fingerprint density at radius 2 is 1.83 bits per heavy atom. The molecule has 0 saturated carbocycles. The molecule has 1 aliphatic heterocycles. The lowest BCUT2D eigenvalue weighted by Crippen LogP contribution is -2.49. The van der Waals surface area contributed by atoms with E-state index in [9.17, 15) is 9.59 Å². The molecular weight excluding hydrogens is 388 g/mol. The highest BCUT2D eigenvalue weighted by atomic mass is 35.5. The Morgan fingerprint density at radius 3 is 2.52 bits per heavy atom. The van der Waals surface area contributed by atoms with Crippen molar-refractivity contribution in [3.05, 3.63) is 65.2 Å². The molecule has 29 heavy (non-hydrogen) atoms. The highest BCUT2D eigenvalue weighted by molar-refractivity contribution is 6.30. The van der Waals surface area contributed by atoms with Gasteiger partial charge in [-0.15, -0.1) is 0 Å². The predicted molar refractivity (Wildman–Crippen MR) is 116 cm³/mol. The molecule has 3 rings (SSSR count). The normalized spacial score (nSPS) is 16.1. The van der Waals surface area contributed by atoms with Gasteiger partial charge < -0.3 is 16.0 Å². The van der Waals surface area contributed by atoms with Crippen LogP contribution in [0.3, 0.4) is 0 Å². The molecule has 3 N–H and O–H groups in total. The molecule has 7 heteroatoms. The van der Waals surface area contributed by atoms with Gasteiger partial charge in [0.1, 0.15) is 0 Å². The third-order valence-corrected chi connectivity index (χ3v) is 5.28. The average molecular weight is 415 g/mol. The molecule has 3 amide bonds. The monoisotopic (exact) mass is 414 g/mol. The van der Waals surface area contributed by atoms with Gasteiger partial charge in [-0.3, -0.25) is 9.69 Å². The number of likely N-dealkylation sites (tertiary alicyclic amines) is 1. The first-order chi connectivity index (χ1) is 14.0. The van der Waals surface area contributed by atoms with Crippen LogP contribution in [0.1, 0.15) is 31.4 Å². The van der Waals surface area contributed by atoms with Gasteiger partial charge in [0, 0.05) is 29.8 Å². The van der Waals surface area contributed by atoms with Crippen molar-refractivity contribution in [2.75, 3.05) is 25.0 Å². The summed E-state index contributed by atoms with van der Waals surface area (Å²) >= 11 is 6.01. The smallest absolute Gasteiger partial charge is 0.315 e. The Bertz CT molecular complexity index is 823. The van der Waals surface area contributed by atoms with E-state index in [0.29, 0.717) is 11.6 Å². The van der Waals surface area contributed by atoms with Crippen molar-refractivity contribution in [3.63, 3.8) is 0 Å². The number of hydrogen-bond acceptors (Lipinski definition) is 3. The molecule has 0 spiro atoms. The van der Waals surface area contributed by atoms with Crippen molar-refractivity contribution in [1.82, 2.24) is 15.5 Å². The fourth-order valence-electron chi connectivity index (χ4n) is 3.44. The van der Waals surface area contributed by atoms with Crippen LogP contribution in [0.2, 0.25) is 5.02 Å². The van der Waals surface area contributed by atoms with Crippen LogP contribution in [0.5, 0.6) is 0 Å². The van der Waals surface area contributed by atoms with Gasteiger partial charge in [-0.1, -0.05) is 41.9 Å². The average Bonchev–Trinajstić information content (AvgIpc) is 2.70. The van der Waals surface area contributed by atoms with E-state index in [1.165, 1.54) is 0 Å². The lowest BCUT2D eigenvalue weighted by Gasteiger charge is -2.32. The SMILES string of the molecule is CC(NC(=O)NC1CCN(CC(=O)Nc2ccccc2)CC1)c1cccc(Cl)c1. The molecule has 1 atom stereocenters. The maximum absolute atomic E-state index is 12.3. The van der Waals surface area contributed by atoms with Crippen molar-refractivity contribution in [1.29, 1.82) is 0 Å². The maximum atomic E-state index is 12.3. The van der Waals surface area contributed by atoms with Crippen molar-refractivity contribution in [2.24, 2.45) is 0 Å². The molecular formula is C22H27ClN4O2. The summed E-state index contributed by atoms with van der Waals surface area (Å²) in [6, 6.07) is 16.7. The van der Waals surface area contributed by atoms with E-state index >= 15 is 0 Å². The Labute approximate surface area is 176 Å². The zero-order chi connectivity index (χ0) is 20.6. The summed E-state index contributed by atoms with van der Waals surface area (Å²) in [4.78, 5) is 26.6. The van der Waals surface area contributed by atoms with E-state index in [1.807, 2.05) is 61.5 Å². The summed E-state index contributed by atoms with van der Waals surface area (Å²) in [5, 5.41) is 9.55. The molecule has 1 saturated heterocycles. The lowest BCUT2D eigenvalue weighted by atomic mass is 10.1. The predicted octanol–water partition coefficient (Wildman–Crippen LogP) is 3.80. The summed E-state index contributed by atoms with van der Waals surface area (Å²) < 4.78 is 0. The summed E-state index contributed by atoms with van der Waals surface area (Å²) in [6.45, 7) is 3.84. The molecule has 154 valence electrons. The van der Waals surface area contributed by atoms with Crippen LogP contribution in [0.15, 0.2) is 54.6 Å². The number of halogens is 1. The number of piperidine rings is 1. The number of nitrogens with zero attached hydrogens (tertiary/aromatic N) is 1. The molecule has 0 aliphatic carbocycles. The van der Waals surface area contributed by atoms with Gasteiger partial charge in [-0.05, 0) is 49.6 Å². The fourth-order valence-corrected chi connectivity index (χ4v) is 3.64. The van der Waals surface area contributed by atoms with E-state index in [2.05, 4.69) is 20.9 Å². The minimum atomic E-state index is -0.183. The number of anilines is 1. The Morgan fingerprint density at radius 1 is 1.10 bits per heavy atom. The van der Waals surface area contributed by atoms with Crippen molar-refractivity contribution < 1.29 is 9.59 Å². The second kappa shape index (κ2) is 10.3. The van der Waals surface area contributed by atoms with Gasteiger partial charge in [-0.25, -0.2) is 4.79 Å². The molecule has 0 aromatic heterocycles. The Kier molecular flexibility index (Phi) is 7.49. The van der Waals surface area contributed by atoms with Gasteiger partial charge in [0.05, 0.1) is 12.6 Å². The van der Waals surface area contributed by atoms with Crippen LogP contribution >= 0.6 is 11.6 Å². The number of amides is 3. The minimum absolute atomic E-state index is 0.0179. The number of para-hydroxylation sites is 1. The summed E-state index contributed by atoms with van der Waals surface area (Å²) in [5.41, 5.74) is 1.77. The third kappa shape index (κ3) is 6.76. The molecule has 6 nitrogen and oxygen atoms in total. The summed E-state index contributed by atoms with van der Waals surface area (Å²) in [6.07, 6.45) is 1.63. The van der Waals surface area contributed by atoms with Crippen LogP contribution < -0.4 is 16.0 Å². The molecule has 1 heterocycles. The largest absolute Gasteiger partial charge is 0.335 e. The summed E-state index contributed by atoms with van der Waals surface area (Å²) in [7, 11) is 0. The highest BCUT2D eigenvalue weighted by Crippen LogP contribution is 2.17. The van der Waals surface area contributed by atoms with Crippen LogP contribution in [0.25, 0.3) is 0 Å².